The summed E-state index contributed by atoms with van der Waals surface area (Å²) in [5.74, 6) is 0. The van der Waals surface area contributed by atoms with Gasteiger partial charge in [-0.3, -0.25) is 9.27 Å². The molecule has 10 heteroatoms. The summed E-state index contributed by atoms with van der Waals surface area (Å²) in [7, 11) is -4.45. The van der Waals surface area contributed by atoms with Gasteiger partial charge in [-0.2, -0.15) is 26.7 Å². The van der Waals surface area contributed by atoms with Gasteiger partial charge in [0, 0.05) is 5.56 Å². The molecule has 0 amide bonds. The molecule has 0 radical (unpaired) electrons. The number of nitrogens with one attached hydrogen (secondary N) is 1. The molecule has 0 fully saturated rings. The van der Waals surface area contributed by atoms with Gasteiger partial charge in [0.2, 0.25) is 0 Å². The molecule has 0 bridgehead atoms. The van der Waals surface area contributed by atoms with Gasteiger partial charge in [-0.25, -0.2) is 4.68 Å². The SMILES string of the molecule is Cc1ccc(-c2cc(C(F)(F)F)nn2-c2ccc(NS(=O)(=O)O)cc2)cc1. The van der Waals surface area contributed by atoms with E-state index in [4.69, 9.17) is 4.55 Å². The van der Waals surface area contributed by atoms with Crippen LogP contribution in [0, 0.1) is 6.92 Å². The monoisotopic (exact) mass is 397 g/mol. The third kappa shape index (κ3) is 4.47. The van der Waals surface area contributed by atoms with Crippen molar-refractivity contribution in [2.75, 3.05) is 4.72 Å². The molecule has 2 N–H and O–H groups in total. The van der Waals surface area contributed by atoms with E-state index in [0.717, 1.165) is 16.3 Å². The smallest absolute Gasteiger partial charge is 0.269 e. The van der Waals surface area contributed by atoms with E-state index in [1.54, 1.807) is 24.3 Å². The summed E-state index contributed by atoms with van der Waals surface area (Å²) in [6.45, 7) is 1.86. The predicted molar refractivity (Wildman–Crippen MR) is 93.9 cm³/mol. The number of anilines is 1. The number of benzene rings is 2. The van der Waals surface area contributed by atoms with E-state index in [0.29, 0.717) is 11.3 Å². The first-order chi connectivity index (χ1) is 12.5. The summed E-state index contributed by atoms with van der Waals surface area (Å²) in [6.07, 6.45) is -4.61. The maximum Gasteiger partial charge on any atom is 0.435 e. The second kappa shape index (κ2) is 6.71. The van der Waals surface area contributed by atoms with Gasteiger partial charge in [-0.05, 0) is 37.3 Å². The Morgan fingerprint density at radius 3 is 2.15 bits per heavy atom. The average molecular weight is 397 g/mol. The lowest BCUT2D eigenvalue weighted by Crippen LogP contribution is -2.10. The molecule has 0 unspecified atom stereocenters. The number of hydrogen-bond donors (Lipinski definition) is 2. The van der Waals surface area contributed by atoms with Crippen molar-refractivity contribution in [2.45, 2.75) is 13.1 Å². The zero-order valence-corrected chi connectivity index (χ0v) is 14.7. The zero-order valence-electron chi connectivity index (χ0n) is 13.9. The van der Waals surface area contributed by atoms with Crippen molar-refractivity contribution in [1.29, 1.82) is 0 Å². The van der Waals surface area contributed by atoms with Gasteiger partial charge in [-0.15, -0.1) is 0 Å². The lowest BCUT2D eigenvalue weighted by molar-refractivity contribution is -0.141. The van der Waals surface area contributed by atoms with Crippen LogP contribution in [0.4, 0.5) is 18.9 Å². The fourth-order valence-corrected chi connectivity index (χ4v) is 2.90. The summed E-state index contributed by atoms with van der Waals surface area (Å²) >= 11 is 0. The molecular weight excluding hydrogens is 383 g/mol. The average Bonchev–Trinajstić information content (AvgIpc) is 3.00. The van der Waals surface area contributed by atoms with Crippen LogP contribution < -0.4 is 4.72 Å². The van der Waals surface area contributed by atoms with Crippen molar-refractivity contribution in [1.82, 2.24) is 9.78 Å². The minimum absolute atomic E-state index is 0.0568. The highest BCUT2D eigenvalue weighted by molar-refractivity contribution is 7.87. The summed E-state index contributed by atoms with van der Waals surface area (Å²) < 4.78 is 72.9. The van der Waals surface area contributed by atoms with Crippen LogP contribution in [0.1, 0.15) is 11.3 Å². The molecule has 0 saturated heterocycles. The summed E-state index contributed by atoms with van der Waals surface area (Å²) in [6, 6.07) is 13.3. The Balaban J connectivity index is 2.08. The van der Waals surface area contributed by atoms with Crippen molar-refractivity contribution in [3.05, 3.63) is 65.9 Å². The number of aromatic nitrogens is 2. The van der Waals surface area contributed by atoms with Gasteiger partial charge in [0.05, 0.1) is 17.1 Å². The lowest BCUT2D eigenvalue weighted by Gasteiger charge is -2.09. The first kappa shape index (κ1) is 18.9. The van der Waals surface area contributed by atoms with Crippen LogP contribution in [0.5, 0.6) is 0 Å². The Morgan fingerprint density at radius 1 is 1.04 bits per heavy atom. The molecule has 0 atom stereocenters. The lowest BCUT2D eigenvalue weighted by atomic mass is 10.1. The van der Waals surface area contributed by atoms with Crippen molar-refractivity contribution in [3.8, 4) is 16.9 Å². The Morgan fingerprint density at radius 2 is 1.63 bits per heavy atom. The van der Waals surface area contributed by atoms with Crippen LogP contribution in [0.25, 0.3) is 16.9 Å². The van der Waals surface area contributed by atoms with Crippen LogP contribution in [0.3, 0.4) is 0 Å². The molecule has 0 aliphatic rings. The minimum atomic E-state index is -4.61. The molecule has 0 saturated carbocycles. The van der Waals surface area contributed by atoms with E-state index in [1.807, 2.05) is 11.6 Å². The van der Waals surface area contributed by atoms with Crippen molar-refractivity contribution in [3.63, 3.8) is 0 Å². The second-order valence-electron chi connectivity index (χ2n) is 5.81. The van der Waals surface area contributed by atoms with Crippen molar-refractivity contribution >= 4 is 16.0 Å². The highest BCUT2D eigenvalue weighted by Gasteiger charge is 2.35. The standard InChI is InChI=1S/C17H14F3N3O3S/c1-11-2-4-12(5-3-11)15-10-16(17(18,19)20)21-23(15)14-8-6-13(7-9-14)22-27(24,25)26/h2-10,22H,1H3,(H,24,25,26). The highest BCUT2D eigenvalue weighted by Crippen LogP contribution is 2.33. The fraction of sp³-hybridized carbons (Fsp3) is 0.118. The van der Waals surface area contributed by atoms with Crippen molar-refractivity contribution < 1.29 is 26.1 Å². The second-order valence-corrected chi connectivity index (χ2v) is 6.97. The molecule has 27 heavy (non-hydrogen) atoms. The van der Waals surface area contributed by atoms with Crippen LogP contribution in [0.15, 0.2) is 54.6 Å². The topological polar surface area (TPSA) is 84.2 Å². The molecule has 3 aromatic rings. The van der Waals surface area contributed by atoms with Gasteiger partial charge in [-0.1, -0.05) is 29.8 Å². The van der Waals surface area contributed by atoms with Crippen LogP contribution >= 0.6 is 0 Å². The zero-order chi connectivity index (χ0) is 19.8. The van der Waals surface area contributed by atoms with E-state index in [1.165, 1.54) is 24.3 Å². The number of halogens is 3. The molecule has 2 aromatic carbocycles. The Hall–Kier alpha value is -2.85. The highest BCUT2D eigenvalue weighted by atomic mass is 32.2. The normalized spacial score (nSPS) is 12.2. The quantitative estimate of drug-likeness (QED) is 0.650. The van der Waals surface area contributed by atoms with E-state index in [-0.39, 0.29) is 11.4 Å². The van der Waals surface area contributed by atoms with Crippen LogP contribution in [0.2, 0.25) is 0 Å². The van der Waals surface area contributed by atoms with E-state index >= 15 is 0 Å². The number of aryl methyl sites for hydroxylation is 1. The molecule has 3 rings (SSSR count). The predicted octanol–water partition coefficient (Wildman–Crippen LogP) is 4.08. The first-order valence-electron chi connectivity index (χ1n) is 7.63. The van der Waals surface area contributed by atoms with Gasteiger partial charge < -0.3 is 0 Å². The first-order valence-corrected chi connectivity index (χ1v) is 9.07. The number of hydrogen-bond acceptors (Lipinski definition) is 3. The molecule has 6 nitrogen and oxygen atoms in total. The van der Waals surface area contributed by atoms with Crippen LogP contribution in [-0.4, -0.2) is 22.8 Å². The summed E-state index contributed by atoms with van der Waals surface area (Å²) in [5, 5.41) is 3.66. The molecule has 0 aliphatic heterocycles. The third-order valence-corrected chi connectivity index (χ3v) is 4.20. The van der Waals surface area contributed by atoms with Gasteiger partial charge in [0.25, 0.3) is 0 Å². The largest absolute Gasteiger partial charge is 0.435 e. The molecule has 1 heterocycles. The molecule has 142 valence electrons. The summed E-state index contributed by atoms with van der Waals surface area (Å²) in [4.78, 5) is 0. The maximum atomic E-state index is 13.1. The Kier molecular flexibility index (Phi) is 4.70. The number of nitrogens with zero attached hydrogens (tertiary/aromatic N) is 2. The van der Waals surface area contributed by atoms with Crippen molar-refractivity contribution in [2.24, 2.45) is 0 Å². The van der Waals surface area contributed by atoms with Gasteiger partial charge in [0.1, 0.15) is 0 Å². The minimum Gasteiger partial charge on any atom is -0.269 e. The Bertz CT molecular complexity index is 1060. The molecule has 0 aliphatic carbocycles. The fourth-order valence-electron chi connectivity index (χ4n) is 2.47. The van der Waals surface area contributed by atoms with Gasteiger partial charge in [0.15, 0.2) is 5.69 Å². The van der Waals surface area contributed by atoms with Gasteiger partial charge >= 0.3 is 16.5 Å². The van der Waals surface area contributed by atoms with E-state index in [9.17, 15) is 21.6 Å². The Labute approximate surface area is 153 Å². The third-order valence-electron chi connectivity index (χ3n) is 3.71. The van der Waals surface area contributed by atoms with E-state index in [2.05, 4.69) is 5.10 Å². The molecule has 0 spiro atoms. The summed E-state index contributed by atoms with van der Waals surface area (Å²) in [5.41, 5.74) is 1.05. The molecule has 1 aromatic heterocycles. The molecular formula is C17H14F3N3O3S. The van der Waals surface area contributed by atoms with Crippen LogP contribution in [-0.2, 0) is 16.5 Å². The van der Waals surface area contributed by atoms with E-state index < -0.39 is 22.2 Å². The maximum absolute atomic E-state index is 13.1. The number of alkyl halides is 3. The number of rotatable bonds is 4.